The maximum absolute atomic E-state index is 13.6. The lowest BCUT2D eigenvalue weighted by Crippen LogP contribution is -2.42. The van der Waals surface area contributed by atoms with Crippen molar-refractivity contribution in [3.8, 4) is 0 Å². The number of nitrogens with zero attached hydrogens (tertiary/aromatic N) is 1. The summed E-state index contributed by atoms with van der Waals surface area (Å²) in [7, 11) is 0. The predicted octanol–water partition coefficient (Wildman–Crippen LogP) is 2.30. The van der Waals surface area contributed by atoms with Crippen molar-refractivity contribution >= 4 is 17.6 Å². The first kappa shape index (κ1) is 18.0. The molecule has 0 saturated heterocycles. The van der Waals surface area contributed by atoms with Gasteiger partial charge in [0, 0.05) is 12.5 Å². The Morgan fingerprint density at radius 2 is 1.84 bits per heavy atom. The number of amides is 1. The largest absolute Gasteiger partial charge is 0.480 e. The molecule has 0 heterocycles. The van der Waals surface area contributed by atoms with Crippen molar-refractivity contribution in [1.29, 1.82) is 0 Å². The summed E-state index contributed by atoms with van der Waals surface area (Å²) in [4.78, 5) is 33.1. The number of rotatable bonds is 6. The van der Waals surface area contributed by atoms with Crippen molar-refractivity contribution in [3.63, 3.8) is 0 Å². The van der Waals surface area contributed by atoms with E-state index < -0.39 is 40.2 Å². The molecule has 0 radical (unpaired) electrons. The van der Waals surface area contributed by atoms with Crippen molar-refractivity contribution in [3.05, 3.63) is 75.3 Å². The smallest absolute Gasteiger partial charge is 0.326 e. The summed E-state index contributed by atoms with van der Waals surface area (Å²) >= 11 is 0. The summed E-state index contributed by atoms with van der Waals surface area (Å²) in [6, 6.07) is 6.45. The minimum absolute atomic E-state index is 0.134. The van der Waals surface area contributed by atoms with E-state index in [4.69, 9.17) is 0 Å². The highest BCUT2D eigenvalue weighted by Gasteiger charge is 2.24. The number of carbonyl (C=O) groups excluding carboxylic acids is 1. The van der Waals surface area contributed by atoms with Crippen LogP contribution in [-0.2, 0) is 11.2 Å². The summed E-state index contributed by atoms with van der Waals surface area (Å²) in [6.45, 7) is 0. The van der Waals surface area contributed by atoms with Crippen LogP contribution in [0.5, 0.6) is 0 Å². The maximum Gasteiger partial charge on any atom is 0.326 e. The summed E-state index contributed by atoms with van der Waals surface area (Å²) in [6.07, 6.45) is -0.337. The molecule has 0 unspecified atom stereocenters. The van der Waals surface area contributed by atoms with E-state index >= 15 is 0 Å². The molecule has 2 aromatic carbocycles. The third kappa shape index (κ3) is 4.34. The Balaban J connectivity index is 2.21. The molecule has 1 atom stereocenters. The molecule has 2 aromatic rings. The van der Waals surface area contributed by atoms with Crippen LogP contribution in [-0.4, -0.2) is 27.9 Å². The minimum atomic E-state index is -1.47. The zero-order valence-electron chi connectivity index (χ0n) is 12.6. The molecule has 2 N–H and O–H groups in total. The number of nitrogens with one attached hydrogen (secondary N) is 1. The van der Waals surface area contributed by atoms with Crippen molar-refractivity contribution in [2.24, 2.45) is 0 Å². The van der Waals surface area contributed by atoms with Crippen LogP contribution in [0.25, 0.3) is 0 Å². The van der Waals surface area contributed by atoms with Crippen LogP contribution in [0.2, 0.25) is 0 Å². The van der Waals surface area contributed by atoms with E-state index in [1.54, 1.807) is 0 Å². The van der Waals surface area contributed by atoms with Gasteiger partial charge < -0.3 is 10.4 Å². The van der Waals surface area contributed by atoms with E-state index in [-0.39, 0.29) is 17.5 Å². The lowest BCUT2D eigenvalue weighted by molar-refractivity contribution is -0.387. The SMILES string of the molecule is O=C(N[C@H](Cc1ccc(F)c([N+](=O)[O-])c1)C(=O)O)c1ccccc1F. The van der Waals surface area contributed by atoms with Crippen LogP contribution in [0.4, 0.5) is 14.5 Å². The molecule has 130 valence electrons. The molecule has 9 heteroatoms. The van der Waals surface area contributed by atoms with E-state index in [1.165, 1.54) is 24.3 Å². The van der Waals surface area contributed by atoms with Gasteiger partial charge in [0.15, 0.2) is 0 Å². The van der Waals surface area contributed by atoms with Gasteiger partial charge in [-0.2, -0.15) is 4.39 Å². The standard InChI is InChI=1S/C16H12F2N2O5/c17-11-4-2-1-3-10(11)15(21)19-13(16(22)23)7-9-5-6-12(18)14(8-9)20(24)25/h1-6,8,13H,7H2,(H,19,21)(H,22,23)/t13-/m1/s1. The number of hydrogen-bond acceptors (Lipinski definition) is 4. The molecular weight excluding hydrogens is 338 g/mol. The first-order chi connectivity index (χ1) is 11.8. The van der Waals surface area contributed by atoms with Crippen LogP contribution in [0.3, 0.4) is 0 Å². The molecule has 25 heavy (non-hydrogen) atoms. The second-order valence-electron chi connectivity index (χ2n) is 5.09. The van der Waals surface area contributed by atoms with Gasteiger partial charge in [-0.1, -0.05) is 18.2 Å². The predicted molar refractivity (Wildman–Crippen MR) is 82.0 cm³/mol. The highest BCUT2D eigenvalue weighted by atomic mass is 19.1. The maximum atomic E-state index is 13.6. The van der Waals surface area contributed by atoms with Gasteiger partial charge in [0.2, 0.25) is 5.82 Å². The summed E-state index contributed by atoms with van der Waals surface area (Å²) in [5.41, 5.74) is -1.00. The number of nitro groups is 1. The van der Waals surface area contributed by atoms with E-state index in [0.29, 0.717) is 0 Å². The van der Waals surface area contributed by atoms with Gasteiger partial charge in [0.1, 0.15) is 11.9 Å². The number of benzene rings is 2. The fraction of sp³-hybridized carbons (Fsp3) is 0.125. The third-order valence-electron chi connectivity index (χ3n) is 3.37. The number of carbonyl (C=O) groups is 2. The molecule has 1 amide bonds. The summed E-state index contributed by atoms with van der Waals surface area (Å²) < 4.78 is 26.9. The highest BCUT2D eigenvalue weighted by Crippen LogP contribution is 2.19. The summed E-state index contributed by atoms with van der Waals surface area (Å²) in [5, 5.41) is 22.1. The van der Waals surface area contributed by atoms with Crippen molar-refractivity contribution in [1.82, 2.24) is 5.32 Å². The zero-order valence-corrected chi connectivity index (χ0v) is 12.6. The number of carboxylic acids is 1. The number of nitro benzene ring substituents is 1. The fourth-order valence-electron chi connectivity index (χ4n) is 2.14. The Hall–Kier alpha value is -3.36. The van der Waals surface area contributed by atoms with Crippen molar-refractivity contribution in [2.45, 2.75) is 12.5 Å². The second kappa shape index (κ2) is 7.47. The number of carboxylic acid groups (broad SMARTS) is 1. The topological polar surface area (TPSA) is 110 Å². The van der Waals surface area contributed by atoms with Gasteiger partial charge in [-0.05, 0) is 23.8 Å². The molecule has 0 saturated carbocycles. The molecule has 0 aliphatic carbocycles. The normalized spacial score (nSPS) is 11.6. The molecule has 2 rings (SSSR count). The monoisotopic (exact) mass is 350 g/mol. The van der Waals surface area contributed by atoms with E-state index in [0.717, 1.165) is 18.2 Å². The van der Waals surface area contributed by atoms with Crippen LogP contribution in [0.15, 0.2) is 42.5 Å². The fourth-order valence-corrected chi connectivity index (χ4v) is 2.14. The van der Waals surface area contributed by atoms with Crippen LogP contribution < -0.4 is 5.32 Å². The Bertz CT molecular complexity index is 841. The average Bonchev–Trinajstić information content (AvgIpc) is 2.55. The quantitative estimate of drug-likeness (QED) is 0.614. The molecule has 0 fully saturated rings. The van der Waals surface area contributed by atoms with Gasteiger partial charge in [-0.15, -0.1) is 0 Å². The van der Waals surface area contributed by atoms with Gasteiger partial charge >= 0.3 is 11.7 Å². The highest BCUT2D eigenvalue weighted by molar-refractivity contribution is 5.96. The van der Waals surface area contributed by atoms with E-state index in [1.807, 2.05) is 0 Å². The van der Waals surface area contributed by atoms with Gasteiger partial charge in [0.25, 0.3) is 5.91 Å². The van der Waals surface area contributed by atoms with Gasteiger partial charge in [-0.25, -0.2) is 9.18 Å². The molecule has 0 bridgehead atoms. The first-order valence-electron chi connectivity index (χ1n) is 7.00. The van der Waals surface area contributed by atoms with Crippen molar-refractivity contribution < 1.29 is 28.4 Å². The molecule has 7 nitrogen and oxygen atoms in total. The lowest BCUT2D eigenvalue weighted by atomic mass is 10.0. The van der Waals surface area contributed by atoms with Crippen LogP contribution in [0, 0.1) is 21.7 Å². The number of halogens is 2. The number of aliphatic carboxylic acids is 1. The Morgan fingerprint density at radius 1 is 1.16 bits per heavy atom. The average molecular weight is 350 g/mol. The molecule has 0 aromatic heterocycles. The van der Waals surface area contributed by atoms with E-state index in [9.17, 15) is 33.6 Å². The Morgan fingerprint density at radius 3 is 2.44 bits per heavy atom. The van der Waals surface area contributed by atoms with Crippen LogP contribution >= 0.6 is 0 Å². The zero-order chi connectivity index (χ0) is 18.6. The van der Waals surface area contributed by atoms with Gasteiger partial charge in [-0.3, -0.25) is 14.9 Å². The molecule has 0 aliphatic heterocycles. The lowest BCUT2D eigenvalue weighted by Gasteiger charge is -2.15. The minimum Gasteiger partial charge on any atom is -0.480 e. The molecule has 0 aliphatic rings. The first-order valence-corrected chi connectivity index (χ1v) is 7.00. The number of hydrogen-bond donors (Lipinski definition) is 2. The molecular formula is C16H12F2N2O5. The molecule has 0 spiro atoms. The Labute approximate surface area is 140 Å². The van der Waals surface area contributed by atoms with Crippen molar-refractivity contribution in [2.75, 3.05) is 0 Å². The second-order valence-corrected chi connectivity index (χ2v) is 5.09. The van der Waals surface area contributed by atoms with Crippen LogP contribution in [0.1, 0.15) is 15.9 Å². The summed E-state index contributed by atoms with van der Waals surface area (Å²) in [5.74, 6) is -4.24. The van der Waals surface area contributed by atoms with E-state index in [2.05, 4.69) is 5.32 Å². The Kier molecular flexibility index (Phi) is 5.38. The van der Waals surface area contributed by atoms with Gasteiger partial charge in [0.05, 0.1) is 10.5 Å². The third-order valence-corrected chi connectivity index (χ3v) is 3.37.